The highest BCUT2D eigenvalue weighted by Crippen LogP contribution is 2.19. The Morgan fingerprint density at radius 3 is 2.82 bits per heavy atom. The van der Waals surface area contributed by atoms with Gasteiger partial charge in [-0.15, -0.1) is 0 Å². The van der Waals surface area contributed by atoms with Crippen LogP contribution in [-0.4, -0.2) is 22.0 Å². The van der Waals surface area contributed by atoms with Crippen molar-refractivity contribution < 1.29 is 19.2 Å². The summed E-state index contributed by atoms with van der Waals surface area (Å²) in [5, 5.41) is 21.8. The van der Waals surface area contributed by atoms with E-state index in [-0.39, 0.29) is 17.8 Å². The molecular weight excluding hydrogens is 231 g/mol. The smallest absolute Gasteiger partial charge is 0.320 e. The van der Waals surface area contributed by atoms with Crippen LogP contribution in [0.2, 0.25) is 0 Å². The maximum absolute atomic E-state index is 12.9. The first kappa shape index (κ1) is 13.0. The van der Waals surface area contributed by atoms with Crippen LogP contribution in [0.4, 0.5) is 10.1 Å². The number of nitro benzene ring substituents is 1. The second kappa shape index (κ2) is 5.35. The van der Waals surface area contributed by atoms with E-state index in [1.807, 2.05) is 0 Å². The number of benzene rings is 1. The summed E-state index contributed by atoms with van der Waals surface area (Å²) in [6, 6.07) is 2.19. The fourth-order valence-corrected chi connectivity index (χ4v) is 1.22. The van der Waals surface area contributed by atoms with Gasteiger partial charge in [0.25, 0.3) is 5.69 Å². The highest BCUT2D eigenvalue weighted by atomic mass is 19.1. The molecule has 0 saturated carbocycles. The first-order chi connectivity index (χ1) is 7.91. The molecule has 0 heterocycles. The SMILES string of the molecule is C[C@@H](NCc1cc(F)ccc1[N+](=O)[O-])C(=O)O. The molecule has 1 aromatic carbocycles. The van der Waals surface area contributed by atoms with Crippen molar-refractivity contribution in [3.8, 4) is 0 Å². The van der Waals surface area contributed by atoms with Gasteiger partial charge in [0.15, 0.2) is 0 Å². The lowest BCUT2D eigenvalue weighted by Gasteiger charge is -2.09. The summed E-state index contributed by atoms with van der Waals surface area (Å²) in [7, 11) is 0. The second-order valence-electron chi connectivity index (χ2n) is 3.47. The van der Waals surface area contributed by atoms with Gasteiger partial charge in [0.05, 0.1) is 4.92 Å². The summed E-state index contributed by atoms with van der Waals surface area (Å²) < 4.78 is 12.9. The van der Waals surface area contributed by atoms with Gasteiger partial charge in [-0.05, 0) is 19.1 Å². The predicted molar refractivity (Wildman–Crippen MR) is 57.0 cm³/mol. The van der Waals surface area contributed by atoms with Gasteiger partial charge in [0.2, 0.25) is 0 Å². The van der Waals surface area contributed by atoms with Crippen LogP contribution in [0.5, 0.6) is 0 Å². The third kappa shape index (κ3) is 3.49. The van der Waals surface area contributed by atoms with E-state index in [9.17, 15) is 19.3 Å². The maximum Gasteiger partial charge on any atom is 0.320 e. The number of halogens is 1. The van der Waals surface area contributed by atoms with Crippen LogP contribution in [0, 0.1) is 15.9 Å². The zero-order valence-electron chi connectivity index (χ0n) is 9.01. The molecule has 0 amide bonds. The maximum atomic E-state index is 12.9. The fraction of sp³-hybridized carbons (Fsp3) is 0.300. The van der Waals surface area contributed by atoms with Crippen molar-refractivity contribution >= 4 is 11.7 Å². The summed E-state index contributed by atoms with van der Waals surface area (Å²) in [5.41, 5.74) is -0.125. The van der Waals surface area contributed by atoms with Crippen molar-refractivity contribution in [3.63, 3.8) is 0 Å². The molecular formula is C10H11FN2O4. The Balaban J connectivity index is 2.85. The van der Waals surface area contributed by atoms with Crippen molar-refractivity contribution in [2.45, 2.75) is 19.5 Å². The monoisotopic (exact) mass is 242 g/mol. The molecule has 0 radical (unpaired) electrons. The third-order valence-corrected chi connectivity index (χ3v) is 2.21. The Morgan fingerprint density at radius 1 is 1.65 bits per heavy atom. The number of nitro groups is 1. The minimum atomic E-state index is -1.08. The molecule has 0 aliphatic rings. The van der Waals surface area contributed by atoms with E-state index in [0.29, 0.717) is 0 Å². The molecule has 0 spiro atoms. The highest BCUT2D eigenvalue weighted by molar-refractivity contribution is 5.72. The van der Waals surface area contributed by atoms with Crippen LogP contribution in [0.3, 0.4) is 0 Å². The fourth-order valence-electron chi connectivity index (χ4n) is 1.22. The van der Waals surface area contributed by atoms with Crippen molar-refractivity contribution in [2.24, 2.45) is 0 Å². The van der Waals surface area contributed by atoms with Crippen LogP contribution >= 0.6 is 0 Å². The summed E-state index contributed by atoms with van der Waals surface area (Å²) in [6.07, 6.45) is 0. The molecule has 1 rings (SSSR count). The number of hydrogen-bond acceptors (Lipinski definition) is 4. The second-order valence-corrected chi connectivity index (χ2v) is 3.47. The topological polar surface area (TPSA) is 92.5 Å². The van der Waals surface area contributed by atoms with E-state index in [4.69, 9.17) is 5.11 Å². The van der Waals surface area contributed by atoms with Crippen molar-refractivity contribution in [1.82, 2.24) is 5.32 Å². The van der Waals surface area contributed by atoms with Gasteiger partial charge in [-0.3, -0.25) is 14.9 Å². The number of rotatable bonds is 5. The van der Waals surface area contributed by atoms with E-state index in [1.54, 1.807) is 0 Å². The Kier molecular flexibility index (Phi) is 4.11. The average molecular weight is 242 g/mol. The van der Waals surface area contributed by atoms with Gasteiger partial charge in [-0.1, -0.05) is 0 Å². The predicted octanol–water partition coefficient (Wildman–Crippen LogP) is 1.30. The lowest BCUT2D eigenvalue weighted by atomic mass is 10.1. The van der Waals surface area contributed by atoms with Crippen molar-refractivity contribution in [1.29, 1.82) is 0 Å². The van der Waals surface area contributed by atoms with E-state index in [0.717, 1.165) is 18.2 Å². The Morgan fingerprint density at radius 2 is 2.29 bits per heavy atom. The Bertz CT molecular complexity index is 450. The van der Waals surface area contributed by atoms with Gasteiger partial charge in [0, 0.05) is 18.2 Å². The largest absolute Gasteiger partial charge is 0.480 e. The van der Waals surface area contributed by atoms with E-state index in [2.05, 4.69) is 5.32 Å². The van der Waals surface area contributed by atoms with Gasteiger partial charge in [0.1, 0.15) is 11.9 Å². The third-order valence-electron chi connectivity index (χ3n) is 2.21. The number of carboxylic acid groups (broad SMARTS) is 1. The molecule has 0 saturated heterocycles. The molecule has 0 aliphatic carbocycles. The Labute approximate surface area is 96.2 Å². The normalized spacial score (nSPS) is 12.1. The quantitative estimate of drug-likeness (QED) is 0.599. The number of carboxylic acids is 1. The molecule has 7 heteroatoms. The molecule has 2 N–H and O–H groups in total. The van der Waals surface area contributed by atoms with Gasteiger partial charge in [-0.2, -0.15) is 0 Å². The standard InChI is InChI=1S/C10H11FN2O4/c1-6(10(14)15)12-5-7-4-8(11)2-3-9(7)13(16)17/h2-4,6,12H,5H2,1H3,(H,14,15)/t6-/m1/s1. The average Bonchev–Trinajstić information content (AvgIpc) is 2.25. The van der Waals surface area contributed by atoms with Crippen LogP contribution in [-0.2, 0) is 11.3 Å². The van der Waals surface area contributed by atoms with Crippen molar-refractivity contribution in [3.05, 3.63) is 39.7 Å². The molecule has 0 fully saturated rings. The van der Waals surface area contributed by atoms with E-state index < -0.39 is 22.8 Å². The molecule has 92 valence electrons. The van der Waals surface area contributed by atoms with Crippen molar-refractivity contribution in [2.75, 3.05) is 0 Å². The van der Waals surface area contributed by atoms with Crippen LogP contribution in [0.15, 0.2) is 18.2 Å². The highest BCUT2D eigenvalue weighted by Gasteiger charge is 2.16. The van der Waals surface area contributed by atoms with Gasteiger partial charge < -0.3 is 10.4 Å². The molecule has 1 atom stereocenters. The summed E-state index contributed by atoms with van der Waals surface area (Å²) in [4.78, 5) is 20.5. The first-order valence-electron chi connectivity index (χ1n) is 4.81. The molecule has 0 unspecified atom stereocenters. The molecule has 0 bridgehead atoms. The number of aliphatic carboxylic acids is 1. The molecule has 0 aliphatic heterocycles. The number of hydrogen-bond donors (Lipinski definition) is 2. The zero-order chi connectivity index (χ0) is 13.0. The minimum absolute atomic E-state index is 0.0818. The molecule has 1 aromatic rings. The van der Waals surface area contributed by atoms with E-state index in [1.165, 1.54) is 6.92 Å². The summed E-state index contributed by atoms with van der Waals surface area (Å²) >= 11 is 0. The summed E-state index contributed by atoms with van der Waals surface area (Å²) in [5.74, 6) is -1.68. The molecule has 17 heavy (non-hydrogen) atoms. The Hall–Kier alpha value is -2.02. The van der Waals surface area contributed by atoms with E-state index >= 15 is 0 Å². The lowest BCUT2D eigenvalue weighted by molar-refractivity contribution is -0.385. The van der Waals surface area contributed by atoms with Crippen LogP contribution < -0.4 is 5.32 Å². The summed E-state index contributed by atoms with van der Waals surface area (Å²) in [6.45, 7) is 1.31. The first-order valence-corrected chi connectivity index (χ1v) is 4.81. The van der Waals surface area contributed by atoms with Crippen LogP contribution in [0.1, 0.15) is 12.5 Å². The molecule has 0 aromatic heterocycles. The van der Waals surface area contributed by atoms with Gasteiger partial charge in [-0.25, -0.2) is 4.39 Å². The lowest BCUT2D eigenvalue weighted by Crippen LogP contribution is -2.33. The number of nitrogens with zero attached hydrogens (tertiary/aromatic N) is 1. The number of carbonyl (C=O) groups is 1. The van der Waals surface area contributed by atoms with Crippen LogP contribution in [0.25, 0.3) is 0 Å². The molecule has 6 nitrogen and oxygen atoms in total. The minimum Gasteiger partial charge on any atom is -0.480 e. The zero-order valence-corrected chi connectivity index (χ0v) is 9.01. The number of nitrogens with one attached hydrogen (secondary N) is 1. The van der Waals surface area contributed by atoms with Gasteiger partial charge >= 0.3 is 5.97 Å².